The Hall–Kier alpha value is -4.73. The molecule has 236 valence electrons. The number of methoxy groups -OCH3 is 1. The maximum absolute atomic E-state index is 13.7. The third-order valence-corrected chi connectivity index (χ3v) is 13.8. The molecule has 0 radical (unpaired) electrons. The third-order valence-electron chi connectivity index (χ3n) is 8.84. The molecule has 1 aromatic heterocycles. The van der Waals surface area contributed by atoms with E-state index in [2.05, 4.69) is 81.4 Å². The normalized spacial score (nSPS) is 14.3. The lowest BCUT2D eigenvalue weighted by Gasteiger charge is -2.43. The quantitative estimate of drug-likeness (QED) is 0.186. The number of nitrogens with zero attached hydrogens (tertiary/aromatic N) is 4. The van der Waals surface area contributed by atoms with Gasteiger partial charge in [-0.25, -0.2) is 4.79 Å². The summed E-state index contributed by atoms with van der Waals surface area (Å²) in [5.74, 6) is 1.08. The molecular weight excluding hydrogens is 593 g/mol. The minimum atomic E-state index is -2.72. The van der Waals surface area contributed by atoms with Crippen LogP contribution in [0.3, 0.4) is 0 Å². The van der Waals surface area contributed by atoms with Gasteiger partial charge in [-0.1, -0.05) is 99.6 Å². The molecule has 2 heterocycles. The second-order valence-corrected chi connectivity index (χ2v) is 17.1. The van der Waals surface area contributed by atoms with Crippen molar-refractivity contribution in [1.82, 2.24) is 14.7 Å². The van der Waals surface area contributed by atoms with Gasteiger partial charge in [-0.2, -0.15) is 5.10 Å². The molecule has 1 aliphatic rings. The van der Waals surface area contributed by atoms with Crippen molar-refractivity contribution < 1.29 is 18.8 Å². The Morgan fingerprint density at radius 2 is 1.43 bits per heavy atom. The first-order valence-corrected chi connectivity index (χ1v) is 17.5. The first-order valence-electron chi connectivity index (χ1n) is 15.6. The van der Waals surface area contributed by atoms with Crippen LogP contribution in [0.25, 0.3) is 10.9 Å². The van der Waals surface area contributed by atoms with Crippen molar-refractivity contribution in [2.75, 3.05) is 18.6 Å². The third kappa shape index (κ3) is 5.72. The van der Waals surface area contributed by atoms with Crippen LogP contribution in [0.1, 0.15) is 38.3 Å². The van der Waals surface area contributed by atoms with Gasteiger partial charge in [-0.05, 0) is 50.8 Å². The Balaban J connectivity index is 1.29. The van der Waals surface area contributed by atoms with Gasteiger partial charge >= 0.3 is 6.03 Å². The molecule has 0 atom stereocenters. The molecule has 1 saturated heterocycles. The van der Waals surface area contributed by atoms with E-state index >= 15 is 0 Å². The molecule has 0 bridgehead atoms. The molecule has 0 aliphatic carbocycles. The van der Waals surface area contributed by atoms with Crippen molar-refractivity contribution in [3.05, 3.63) is 114 Å². The average Bonchev–Trinajstić information content (AvgIpc) is 3.39. The Kier molecular flexibility index (Phi) is 8.54. The summed E-state index contributed by atoms with van der Waals surface area (Å²) in [6.07, 6.45) is 0.227. The van der Waals surface area contributed by atoms with Gasteiger partial charge in [-0.15, -0.1) is 0 Å². The number of amides is 3. The van der Waals surface area contributed by atoms with Crippen LogP contribution in [0.2, 0.25) is 5.04 Å². The average molecular weight is 633 g/mol. The van der Waals surface area contributed by atoms with E-state index in [1.807, 2.05) is 49.5 Å². The summed E-state index contributed by atoms with van der Waals surface area (Å²) in [6, 6.07) is 34.4. The highest BCUT2D eigenvalue weighted by Crippen LogP contribution is 2.38. The van der Waals surface area contributed by atoms with Crippen LogP contribution < -0.4 is 20.0 Å². The fourth-order valence-corrected chi connectivity index (χ4v) is 11.0. The van der Waals surface area contributed by atoms with E-state index in [0.717, 1.165) is 27.8 Å². The molecule has 1 fully saturated rings. The van der Waals surface area contributed by atoms with Crippen LogP contribution >= 0.6 is 0 Å². The molecule has 0 unspecified atom stereocenters. The summed E-state index contributed by atoms with van der Waals surface area (Å²) in [5, 5.41) is 7.95. The van der Waals surface area contributed by atoms with Crippen molar-refractivity contribution >= 4 is 47.3 Å². The van der Waals surface area contributed by atoms with E-state index < -0.39 is 8.32 Å². The highest BCUT2D eigenvalue weighted by molar-refractivity contribution is 6.99. The number of carbonyl (C=O) groups is 2. The summed E-state index contributed by atoms with van der Waals surface area (Å²) < 4.78 is 14.2. The van der Waals surface area contributed by atoms with E-state index in [4.69, 9.17) is 14.3 Å². The molecule has 3 amide bonds. The fourth-order valence-electron chi connectivity index (χ4n) is 6.48. The number of anilines is 1. The van der Waals surface area contributed by atoms with E-state index in [-0.39, 0.29) is 36.5 Å². The number of aromatic nitrogens is 2. The molecule has 9 heteroatoms. The summed E-state index contributed by atoms with van der Waals surface area (Å²) in [6.45, 7) is 7.71. The number of rotatable bonds is 9. The zero-order chi connectivity index (χ0) is 32.5. The Morgan fingerprint density at radius 1 is 0.826 bits per heavy atom. The monoisotopic (exact) mass is 632 g/mol. The molecule has 46 heavy (non-hydrogen) atoms. The largest absolute Gasteiger partial charge is 0.497 e. The van der Waals surface area contributed by atoms with Crippen molar-refractivity contribution in [3.8, 4) is 5.75 Å². The highest BCUT2D eigenvalue weighted by atomic mass is 28.4. The minimum Gasteiger partial charge on any atom is -0.497 e. The summed E-state index contributed by atoms with van der Waals surface area (Å²) >= 11 is 0. The topological polar surface area (TPSA) is 76.9 Å². The van der Waals surface area contributed by atoms with Gasteiger partial charge in [-0.3, -0.25) is 19.3 Å². The van der Waals surface area contributed by atoms with Crippen molar-refractivity contribution in [1.29, 1.82) is 0 Å². The lowest BCUT2D eigenvalue weighted by atomic mass is 10.1. The van der Waals surface area contributed by atoms with Crippen LogP contribution in [0.4, 0.5) is 10.6 Å². The molecule has 8 nitrogen and oxygen atoms in total. The molecule has 4 aromatic carbocycles. The van der Waals surface area contributed by atoms with E-state index in [1.165, 1.54) is 15.3 Å². The van der Waals surface area contributed by atoms with Crippen LogP contribution in [0, 0.1) is 0 Å². The molecule has 0 saturated carbocycles. The minimum absolute atomic E-state index is 0.136. The Morgan fingerprint density at radius 3 is 2.02 bits per heavy atom. The smallest absolute Gasteiger partial charge is 0.332 e. The Bertz CT molecular complexity index is 1810. The number of fused-ring (bicyclic) bond motifs is 1. The predicted octanol–water partition coefficient (Wildman–Crippen LogP) is 6.02. The first kappa shape index (κ1) is 31.3. The van der Waals surface area contributed by atoms with E-state index in [1.54, 1.807) is 16.7 Å². The molecule has 1 aliphatic heterocycles. The number of ether oxygens (including phenoxy) is 1. The number of hydrogen-bond donors (Lipinski definition) is 0. The van der Waals surface area contributed by atoms with Crippen molar-refractivity contribution in [3.63, 3.8) is 0 Å². The first-order chi connectivity index (χ1) is 22.1. The van der Waals surface area contributed by atoms with Gasteiger partial charge in [0.2, 0.25) is 5.91 Å². The number of benzene rings is 4. The predicted molar refractivity (Wildman–Crippen MR) is 184 cm³/mol. The molecule has 5 aromatic rings. The molecule has 0 spiro atoms. The lowest BCUT2D eigenvalue weighted by Crippen LogP contribution is -2.66. The summed E-state index contributed by atoms with van der Waals surface area (Å²) in [5.41, 5.74) is 2.77. The summed E-state index contributed by atoms with van der Waals surface area (Å²) in [7, 11) is 0.772. The number of carbonyl (C=O) groups excluding carboxylic acids is 2. The molecule has 0 N–H and O–H groups in total. The molecular formula is C37H40N4O4Si. The number of urea groups is 1. The fraction of sp³-hybridized carbons (Fsp3) is 0.270. The van der Waals surface area contributed by atoms with Gasteiger partial charge in [0.25, 0.3) is 8.32 Å². The van der Waals surface area contributed by atoms with Crippen molar-refractivity contribution in [2.45, 2.75) is 45.4 Å². The van der Waals surface area contributed by atoms with Gasteiger partial charge in [0.1, 0.15) is 5.75 Å². The second kappa shape index (κ2) is 12.6. The van der Waals surface area contributed by atoms with Gasteiger partial charge in [0.15, 0.2) is 5.82 Å². The zero-order valence-corrected chi connectivity index (χ0v) is 28.1. The van der Waals surface area contributed by atoms with Crippen LogP contribution in [-0.4, -0.2) is 48.6 Å². The van der Waals surface area contributed by atoms with E-state index in [9.17, 15) is 9.59 Å². The SMILES string of the molecule is COc1ccc(CN2C(=O)CCN(c3nn(C)c4cc(CO[Si](c5ccccc5)(c5ccccc5)C(C)(C)C)ccc34)C2=O)cc1. The van der Waals surface area contributed by atoms with Gasteiger partial charge in [0, 0.05) is 25.4 Å². The molecule has 6 rings (SSSR count). The Labute approximate surface area is 271 Å². The number of hydrogen-bond acceptors (Lipinski definition) is 5. The van der Waals surface area contributed by atoms with Gasteiger partial charge in [0.05, 0.1) is 25.8 Å². The summed E-state index contributed by atoms with van der Waals surface area (Å²) in [4.78, 5) is 29.5. The van der Waals surface area contributed by atoms with Crippen LogP contribution in [0.5, 0.6) is 5.75 Å². The highest BCUT2D eigenvalue weighted by Gasteiger charge is 2.50. The van der Waals surface area contributed by atoms with E-state index in [0.29, 0.717) is 12.4 Å². The lowest BCUT2D eigenvalue weighted by molar-refractivity contribution is -0.129. The maximum atomic E-state index is 13.7. The van der Waals surface area contributed by atoms with Crippen LogP contribution in [0.15, 0.2) is 103 Å². The maximum Gasteiger partial charge on any atom is 0.332 e. The van der Waals surface area contributed by atoms with Gasteiger partial charge < -0.3 is 9.16 Å². The standard InChI is InChI=1S/C37H40N4O4Si/c1-37(2,3)46(30-12-8-6-9-13-30,31-14-10-7-11-15-31)45-26-28-18-21-32-33(24-28)39(4)38-35(32)40-23-22-34(42)41(36(40)43)25-27-16-19-29(44-5)20-17-27/h6-21,24H,22-23,25-26H2,1-5H3. The number of aryl methyl sites for hydroxylation is 1. The second-order valence-electron chi connectivity index (χ2n) is 12.8. The number of imide groups is 1. The van der Waals surface area contributed by atoms with Crippen LogP contribution in [-0.2, 0) is 29.4 Å². The zero-order valence-electron chi connectivity index (χ0n) is 27.1. The van der Waals surface area contributed by atoms with Crippen molar-refractivity contribution in [2.24, 2.45) is 7.05 Å².